The van der Waals surface area contributed by atoms with Gasteiger partial charge in [-0.2, -0.15) is 0 Å². The zero-order valence-electron chi connectivity index (χ0n) is 20.4. The Kier molecular flexibility index (Phi) is 7.03. The summed E-state index contributed by atoms with van der Waals surface area (Å²) < 4.78 is 12.2. The molecule has 2 aliphatic rings. The monoisotopic (exact) mass is 478 g/mol. The largest absolute Gasteiger partial charge is 0.490 e. The first kappa shape index (κ1) is 23.4. The number of hydrogen-bond acceptors (Lipinski definition) is 8. The van der Waals surface area contributed by atoms with Gasteiger partial charge in [-0.3, -0.25) is 4.79 Å². The molecule has 1 saturated heterocycles. The van der Waals surface area contributed by atoms with Gasteiger partial charge in [0.2, 0.25) is 0 Å². The fraction of sp³-hybridized carbons (Fsp3) is 0.500. The van der Waals surface area contributed by atoms with E-state index in [1.54, 1.807) is 25.6 Å². The number of nitrogens with one attached hydrogen (secondary N) is 1. The smallest absolute Gasteiger partial charge is 0.269 e. The zero-order valence-corrected chi connectivity index (χ0v) is 20.4. The third-order valence-electron chi connectivity index (χ3n) is 6.98. The van der Waals surface area contributed by atoms with Crippen LogP contribution in [-0.2, 0) is 11.2 Å². The summed E-state index contributed by atoms with van der Waals surface area (Å²) in [5.74, 6) is 1.90. The molecule has 1 saturated carbocycles. The highest BCUT2D eigenvalue weighted by Crippen LogP contribution is 2.36. The van der Waals surface area contributed by atoms with Gasteiger partial charge in [0.05, 0.1) is 35.9 Å². The van der Waals surface area contributed by atoms with Crippen molar-refractivity contribution in [2.45, 2.75) is 45.1 Å². The van der Waals surface area contributed by atoms with Crippen LogP contribution in [-0.4, -0.2) is 65.3 Å². The molecule has 2 aromatic heterocycles. The van der Waals surface area contributed by atoms with Gasteiger partial charge >= 0.3 is 0 Å². The highest BCUT2D eigenvalue weighted by atomic mass is 16.5. The highest BCUT2D eigenvalue weighted by Gasteiger charge is 2.25. The molecule has 0 atom stereocenters. The minimum absolute atomic E-state index is 0. The van der Waals surface area contributed by atoms with E-state index >= 15 is 0 Å². The van der Waals surface area contributed by atoms with Crippen LogP contribution in [0.15, 0.2) is 30.7 Å². The fourth-order valence-electron chi connectivity index (χ4n) is 5.03. The van der Waals surface area contributed by atoms with E-state index in [0.717, 1.165) is 92.3 Å². The maximum absolute atomic E-state index is 11.9. The summed E-state index contributed by atoms with van der Waals surface area (Å²) in [6.45, 7) is 5.20. The van der Waals surface area contributed by atoms with Gasteiger partial charge in [0.15, 0.2) is 0 Å². The fourth-order valence-corrected chi connectivity index (χ4v) is 5.03. The zero-order chi connectivity index (χ0) is 24.2. The molecule has 9 heteroatoms. The highest BCUT2D eigenvalue weighted by molar-refractivity contribution is 5.92. The van der Waals surface area contributed by atoms with Crippen molar-refractivity contribution in [2.75, 3.05) is 38.3 Å². The van der Waals surface area contributed by atoms with Crippen molar-refractivity contribution in [3.8, 4) is 5.75 Å². The molecule has 1 amide bonds. The second-order valence-corrected chi connectivity index (χ2v) is 9.30. The van der Waals surface area contributed by atoms with E-state index in [1.807, 2.05) is 6.92 Å². The van der Waals surface area contributed by atoms with Gasteiger partial charge in [-0.25, -0.2) is 19.9 Å². The summed E-state index contributed by atoms with van der Waals surface area (Å²) in [5, 5.41) is 3.61. The lowest BCUT2D eigenvalue weighted by molar-refractivity contribution is 0.0957. The maximum atomic E-state index is 11.9. The van der Waals surface area contributed by atoms with Crippen LogP contribution in [0.25, 0.3) is 10.9 Å². The number of nitrogens with zero attached hydrogens (tertiary/aromatic N) is 5. The van der Waals surface area contributed by atoms with Crippen molar-refractivity contribution < 1.29 is 15.7 Å². The van der Waals surface area contributed by atoms with E-state index in [0.29, 0.717) is 11.6 Å². The molecule has 0 spiro atoms. The van der Waals surface area contributed by atoms with Crippen LogP contribution in [0.2, 0.25) is 0 Å². The van der Waals surface area contributed by atoms with E-state index in [1.165, 1.54) is 0 Å². The number of ether oxygens (including phenoxy) is 2. The van der Waals surface area contributed by atoms with Crippen LogP contribution < -0.4 is 15.0 Å². The minimum atomic E-state index is -0.184. The van der Waals surface area contributed by atoms with Crippen LogP contribution in [0.4, 0.5) is 5.69 Å². The SMILES string of the molecule is CNC(=O)c1ccnc(CC2CCC(Oc3cc(N4CCOCC4)cc4ncnc(C)c34)CC2)n1.[HH]. The van der Waals surface area contributed by atoms with E-state index in [9.17, 15) is 4.79 Å². The summed E-state index contributed by atoms with van der Waals surface area (Å²) in [7, 11) is 1.61. The van der Waals surface area contributed by atoms with Gasteiger partial charge < -0.3 is 19.7 Å². The number of fused-ring (bicyclic) bond motifs is 1. The Balaban J connectivity index is 0.00000304. The summed E-state index contributed by atoms with van der Waals surface area (Å²) in [5.41, 5.74) is 3.38. The van der Waals surface area contributed by atoms with Gasteiger partial charge in [0.25, 0.3) is 5.91 Å². The number of rotatable bonds is 6. The standard InChI is InChI=1S/C26H32N6O3.H2/c1-17-25-22(30-16-29-17)14-19(32-9-11-34-12-10-32)15-23(25)35-20-5-3-18(4-6-20)13-24-28-8-7-21(31-24)26(33)27-2;/h7-8,14-16,18,20H,3-6,9-13H2,1-2H3,(H,27,33);1H. The summed E-state index contributed by atoms with van der Waals surface area (Å²) in [4.78, 5) is 32.0. The second-order valence-electron chi connectivity index (χ2n) is 9.30. The van der Waals surface area contributed by atoms with Crippen LogP contribution in [0, 0.1) is 12.8 Å². The Hall–Kier alpha value is -3.33. The number of aryl methyl sites for hydroxylation is 1. The normalized spacial score (nSPS) is 20.6. The van der Waals surface area contributed by atoms with Gasteiger partial charge in [-0.05, 0) is 50.7 Å². The van der Waals surface area contributed by atoms with E-state index in [4.69, 9.17) is 9.47 Å². The predicted molar refractivity (Wildman–Crippen MR) is 135 cm³/mol. The molecule has 5 rings (SSSR count). The Morgan fingerprint density at radius 2 is 1.97 bits per heavy atom. The predicted octanol–water partition coefficient (Wildman–Crippen LogP) is 3.35. The third kappa shape index (κ3) is 5.35. The van der Waals surface area contributed by atoms with Crippen molar-refractivity contribution in [3.05, 3.63) is 47.9 Å². The Morgan fingerprint density at radius 1 is 1.17 bits per heavy atom. The Morgan fingerprint density at radius 3 is 2.74 bits per heavy atom. The molecule has 35 heavy (non-hydrogen) atoms. The molecule has 1 aromatic carbocycles. The molecule has 0 bridgehead atoms. The number of hydrogen-bond donors (Lipinski definition) is 1. The van der Waals surface area contributed by atoms with Gasteiger partial charge in [0, 0.05) is 45.9 Å². The van der Waals surface area contributed by atoms with Crippen LogP contribution in [0.1, 0.15) is 49.1 Å². The second kappa shape index (κ2) is 10.5. The molecule has 9 nitrogen and oxygen atoms in total. The Labute approximate surface area is 206 Å². The molecule has 2 fully saturated rings. The molecule has 1 aliphatic heterocycles. The number of carbonyl (C=O) groups excluding carboxylic acids is 1. The topological polar surface area (TPSA) is 102 Å². The number of morpholine rings is 1. The first-order chi connectivity index (χ1) is 17.1. The third-order valence-corrected chi connectivity index (χ3v) is 6.98. The maximum Gasteiger partial charge on any atom is 0.269 e. The first-order valence-corrected chi connectivity index (χ1v) is 12.4. The van der Waals surface area contributed by atoms with Crippen molar-refractivity contribution in [1.82, 2.24) is 25.3 Å². The number of aromatic nitrogens is 4. The van der Waals surface area contributed by atoms with Crippen molar-refractivity contribution in [1.29, 1.82) is 0 Å². The van der Waals surface area contributed by atoms with E-state index < -0.39 is 0 Å². The lowest BCUT2D eigenvalue weighted by Gasteiger charge is -2.31. The molecule has 1 N–H and O–H groups in total. The van der Waals surface area contributed by atoms with E-state index in [-0.39, 0.29) is 13.4 Å². The molecule has 3 aromatic rings. The summed E-state index contributed by atoms with van der Waals surface area (Å²) >= 11 is 0. The molecule has 186 valence electrons. The number of amides is 1. The lowest BCUT2D eigenvalue weighted by atomic mass is 9.85. The average Bonchev–Trinajstić information content (AvgIpc) is 2.90. The number of benzene rings is 1. The van der Waals surface area contributed by atoms with Gasteiger partial charge in [-0.1, -0.05) is 0 Å². The van der Waals surface area contributed by atoms with Crippen LogP contribution in [0.5, 0.6) is 5.75 Å². The van der Waals surface area contributed by atoms with Crippen molar-refractivity contribution >= 4 is 22.5 Å². The number of carbonyl (C=O) groups is 1. The Bertz CT molecular complexity index is 1200. The molecule has 0 unspecified atom stereocenters. The van der Waals surface area contributed by atoms with Crippen molar-refractivity contribution in [2.24, 2.45) is 5.92 Å². The number of anilines is 1. The summed E-state index contributed by atoms with van der Waals surface area (Å²) in [6.07, 6.45) is 8.22. The molecular weight excluding hydrogens is 444 g/mol. The van der Waals surface area contributed by atoms with Crippen LogP contribution in [0.3, 0.4) is 0 Å². The minimum Gasteiger partial charge on any atom is -0.490 e. The molecular formula is C26H34N6O3. The molecule has 0 radical (unpaired) electrons. The van der Waals surface area contributed by atoms with Crippen LogP contribution >= 0.6 is 0 Å². The lowest BCUT2D eigenvalue weighted by Crippen LogP contribution is -2.36. The molecule has 1 aliphatic carbocycles. The van der Waals surface area contributed by atoms with Gasteiger partial charge in [-0.15, -0.1) is 0 Å². The van der Waals surface area contributed by atoms with Crippen molar-refractivity contribution in [3.63, 3.8) is 0 Å². The first-order valence-electron chi connectivity index (χ1n) is 12.4. The quantitative estimate of drug-likeness (QED) is 0.575. The van der Waals surface area contributed by atoms with Gasteiger partial charge in [0.1, 0.15) is 23.6 Å². The molecule has 3 heterocycles. The van der Waals surface area contributed by atoms with E-state index in [2.05, 4.69) is 42.3 Å². The summed E-state index contributed by atoms with van der Waals surface area (Å²) in [6, 6.07) is 5.92. The average molecular weight is 479 g/mol.